The zero-order chi connectivity index (χ0) is 16.8. The Kier molecular flexibility index (Phi) is 4.72. The van der Waals surface area contributed by atoms with E-state index < -0.39 is 10.0 Å². The van der Waals surface area contributed by atoms with Gasteiger partial charge in [-0.05, 0) is 28.8 Å². The van der Waals surface area contributed by atoms with Gasteiger partial charge >= 0.3 is 0 Å². The molecule has 0 saturated heterocycles. The number of sulfonamides is 1. The van der Waals surface area contributed by atoms with Gasteiger partial charge in [0.05, 0.1) is 11.1 Å². The van der Waals surface area contributed by atoms with Gasteiger partial charge in [0.2, 0.25) is 0 Å². The Balaban J connectivity index is 1.74. The summed E-state index contributed by atoms with van der Waals surface area (Å²) in [5.74, 6) is 0. The minimum atomic E-state index is -3.68. The summed E-state index contributed by atoms with van der Waals surface area (Å²) < 4.78 is 24.5. The molecule has 0 aromatic heterocycles. The number of nitrogens with one attached hydrogen (secondary N) is 1. The quantitative estimate of drug-likeness (QED) is 0.571. The monoisotopic (exact) mass is 336 g/mol. The zero-order valence-corrected chi connectivity index (χ0v) is 13.6. The standard InChI is InChI=1S/C19H16N2O2S/c22-24(23,21-20-15-16-7-3-1-4-8-16)19-13-11-18(12-14-19)17-9-5-2-6-10-17/h1-15,21H/b20-15+. The van der Waals surface area contributed by atoms with Crippen molar-refractivity contribution in [3.05, 3.63) is 90.5 Å². The van der Waals surface area contributed by atoms with Gasteiger partial charge in [-0.3, -0.25) is 0 Å². The summed E-state index contributed by atoms with van der Waals surface area (Å²) in [6.45, 7) is 0. The Hall–Kier alpha value is -2.92. The van der Waals surface area contributed by atoms with Gasteiger partial charge < -0.3 is 0 Å². The summed E-state index contributed by atoms with van der Waals surface area (Å²) in [4.78, 5) is 2.40. The maximum Gasteiger partial charge on any atom is 0.276 e. The van der Waals surface area contributed by atoms with E-state index in [1.807, 2.05) is 60.7 Å². The molecular formula is C19H16N2O2S. The van der Waals surface area contributed by atoms with Crippen LogP contribution in [-0.4, -0.2) is 14.6 Å². The molecule has 5 heteroatoms. The fraction of sp³-hybridized carbons (Fsp3) is 0. The van der Waals surface area contributed by atoms with Crippen LogP contribution in [0, 0.1) is 0 Å². The number of hydrogen-bond donors (Lipinski definition) is 1. The summed E-state index contributed by atoms with van der Waals surface area (Å²) in [5.41, 5.74) is 2.82. The molecule has 0 atom stereocenters. The smallest absolute Gasteiger partial charge is 0.200 e. The van der Waals surface area contributed by atoms with Crippen LogP contribution in [0.4, 0.5) is 0 Å². The fourth-order valence-electron chi connectivity index (χ4n) is 2.22. The molecule has 0 heterocycles. The Morgan fingerprint density at radius 1 is 0.708 bits per heavy atom. The molecule has 0 amide bonds. The number of nitrogens with zero attached hydrogens (tertiary/aromatic N) is 1. The SMILES string of the molecule is O=S(=O)(N/N=C/c1ccccc1)c1ccc(-c2ccccc2)cc1. The molecular weight excluding hydrogens is 320 g/mol. The minimum absolute atomic E-state index is 0.174. The molecule has 0 aliphatic heterocycles. The van der Waals surface area contributed by atoms with Crippen LogP contribution in [0.25, 0.3) is 11.1 Å². The highest BCUT2D eigenvalue weighted by Crippen LogP contribution is 2.20. The van der Waals surface area contributed by atoms with E-state index in [0.29, 0.717) is 0 Å². The average Bonchev–Trinajstić information content (AvgIpc) is 2.63. The molecule has 0 fully saturated rings. The van der Waals surface area contributed by atoms with Crippen molar-refractivity contribution in [2.24, 2.45) is 5.10 Å². The summed E-state index contributed by atoms with van der Waals surface area (Å²) >= 11 is 0. The van der Waals surface area contributed by atoms with E-state index in [1.165, 1.54) is 6.21 Å². The van der Waals surface area contributed by atoms with Crippen molar-refractivity contribution in [2.75, 3.05) is 0 Å². The third kappa shape index (κ3) is 3.88. The van der Waals surface area contributed by atoms with Crippen LogP contribution in [0.3, 0.4) is 0 Å². The van der Waals surface area contributed by atoms with Crippen LogP contribution < -0.4 is 4.83 Å². The molecule has 4 nitrogen and oxygen atoms in total. The van der Waals surface area contributed by atoms with E-state index in [0.717, 1.165) is 16.7 Å². The van der Waals surface area contributed by atoms with E-state index in [4.69, 9.17) is 0 Å². The minimum Gasteiger partial charge on any atom is -0.200 e. The van der Waals surface area contributed by atoms with Gasteiger partial charge in [-0.25, -0.2) is 4.83 Å². The molecule has 3 aromatic carbocycles. The van der Waals surface area contributed by atoms with Crippen molar-refractivity contribution in [2.45, 2.75) is 4.90 Å². The van der Waals surface area contributed by atoms with Crippen molar-refractivity contribution in [3.63, 3.8) is 0 Å². The van der Waals surface area contributed by atoms with E-state index >= 15 is 0 Å². The lowest BCUT2D eigenvalue weighted by atomic mass is 10.1. The molecule has 3 aromatic rings. The molecule has 0 aliphatic rings. The van der Waals surface area contributed by atoms with Crippen molar-refractivity contribution in [1.29, 1.82) is 0 Å². The average molecular weight is 336 g/mol. The second kappa shape index (κ2) is 7.10. The first kappa shape index (κ1) is 16.0. The molecule has 1 N–H and O–H groups in total. The summed E-state index contributed by atoms with van der Waals surface area (Å²) in [7, 11) is -3.68. The Labute approximate surface area is 141 Å². The maximum absolute atomic E-state index is 12.2. The third-order valence-corrected chi connectivity index (χ3v) is 4.70. The van der Waals surface area contributed by atoms with Crippen LogP contribution in [0.1, 0.15) is 5.56 Å². The molecule has 0 saturated carbocycles. The summed E-state index contributed by atoms with van der Waals surface area (Å²) in [6.07, 6.45) is 1.47. The lowest BCUT2D eigenvalue weighted by Gasteiger charge is -2.05. The lowest BCUT2D eigenvalue weighted by molar-refractivity contribution is 0.584. The highest BCUT2D eigenvalue weighted by Gasteiger charge is 2.12. The van der Waals surface area contributed by atoms with Crippen molar-refractivity contribution >= 4 is 16.2 Å². The molecule has 0 unspecified atom stereocenters. The first-order chi connectivity index (χ1) is 11.6. The molecule has 120 valence electrons. The molecule has 0 aliphatic carbocycles. The fourth-order valence-corrected chi connectivity index (χ4v) is 3.01. The highest BCUT2D eigenvalue weighted by atomic mass is 32.2. The zero-order valence-electron chi connectivity index (χ0n) is 12.8. The highest BCUT2D eigenvalue weighted by molar-refractivity contribution is 7.89. The van der Waals surface area contributed by atoms with E-state index in [9.17, 15) is 8.42 Å². The van der Waals surface area contributed by atoms with E-state index in [1.54, 1.807) is 24.3 Å². The number of benzene rings is 3. The largest absolute Gasteiger partial charge is 0.276 e. The Morgan fingerprint density at radius 2 is 1.25 bits per heavy atom. The Morgan fingerprint density at radius 3 is 1.88 bits per heavy atom. The predicted octanol–water partition coefficient (Wildman–Crippen LogP) is 3.67. The van der Waals surface area contributed by atoms with Crippen molar-refractivity contribution in [3.8, 4) is 11.1 Å². The second-order valence-electron chi connectivity index (χ2n) is 5.15. The van der Waals surface area contributed by atoms with Gasteiger partial charge in [-0.15, -0.1) is 0 Å². The third-order valence-electron chi connectivity index (χ3n) is 3.46. The number of hydrogen-bond acceptors (Lipinski definition) is 3. The number of rotatable bonds is 5. The van der Waals surface area contributed by atoms with Gasteiger partial charge in [0, 0.05) is 0 Å². The predicted molar refractivity (Wildman–Crippen MR) is 96.2 cm³/mol. The van der Waals surface area contributed by atoms with E-state index in [2.05, 4.69) is 9.93 Å². The van der Waals surface area contributed by atoms with Crippen molar-refractivity contribution < 1.29 is 8.42 Å². The van der Waals surface area contributed by atoms with Crippen LogP contribution in [0.5, 0.6) is 0 Å². The van der Waals surface area contributed by atoms with Gasteiger partial charge in [-0.2, -0.15) is 13.5 Å². The normalized spacial score (nSPS) is 11.5. The molecule has 0 spiro atoms. The van der Waals surface area contributed by atoms with Crippen LogP contribution in [-0.2, 0) is 10.0 Å². The topological polar surface area (TPSA) is 58.5 Å². The van der Waals surface area contributed by atoms with Gasteiger partial charge in [0.1, 0.15) is 0 Å². The first-order valence-corrected chi connectivity index (χ1v) is 8.89. The molecule has 0 radical (unpaired) electrons. The molecule has 0 bridgehead atoms. The number of hydrazone groups is 1. The molecule has 24 heavy (non-hydrogen) atoms. The van der Waals surface area contributed by atoms with Gasteiger partial charge in [0.25, 0.3) is 10.0 Å². The van der Waals surface area contributed by atoms with Gasteiger partial charge in [0.15, 0.2) is 0 Å². The lowest BCUT2D eigenvalue weighted by Crippen LogP contribution is -2.18. The summed E-state index contributed by atoms with van der Waals surface area (Å²) in [6, 6.07) is 25.8. The van der Waals surface area contributed by atoms with Gasteiger partial charge in [-0.1, -0.05) is 72.8 Å². The first-order valence-electron chi connectivity index (χ1n) is 7.40. The molecule has 3 rings (SSSR count). The maximum atomic E-state index is 12.2. The second-order valence-corrected chi connectivity index (χ2v) is 6.81. The Bertz CT molecular complexity index is 920. The van der Waals surface area contributed by atoms with Crippen LogP contribution in [0.15, 0.2) is 94.9 Å². The van der Waals surface area contributed by atoms with Crippen LogP contribution in [0.2, 0.25) is 0 Å². The van der Waals surface area contributed by atoms with Crippen molar-refractivity contribution in [1.82, 2.24) is 4.83 Å². The van der Waals surface area contributed by atoms with Crippen LogP contribution >= 0.6 is 0 Å². The van der Waals surface area contributed by atoms with E-state index in [-0.39, 0.29) is 4.90 Å². The summed E-state index contributed by atoms with van der Waals surface area (Å²) in [5, 5.41) is 3.81.